The highest BCUT2D eigenvalue weighted by Crippen LogP contribution is 2.35. The topological polar surface area (TPSA) is 50.7 Å². The zero-order valence-electron chi connectivity index (χ0n) is 14.5. The Hall–Kier alpha value is -2.15. The van der Waals surface area contributed by atoms with Gasteiger partial charge in [-0.05, 0) is 67.3 Å². The lowest BCUT2D eigenvalue weighted by molar-refractivity contribution is 0.0955. The van der Waals surface area contributed by atoms with Gasteiger partial charge in [-0.3, -0.25) is 4.79 Å². The Morgan fingerprint density at radius 1 is 1.04 bits per heavy atom. The maximum absolute atomic E-state index is 12.1. The quantitative estimate of drug-likeness (QED) is 0.309. The summed E-state index contributed by atoms with van der Waals surface area (Å²) in [4.78, 5) is 12.1. The average Bonchev–Trinajstić information content (AvgIpc) is 2.68. The molecule has 0 heterocycles. The molecule has 4 nitrogen and oxygen atoms in total. The first-order chi connectivity index (χ1) is 13.5. The molecule has 0 aromatic heterocycles. The van der Waals surface area contributed by atoms with Gasteiger partial charge in [0.1, 0.15) is 12.4 Å². The number of hydrogen-bond donors (Lipinski definition) is 1. The third-order valence-corrected chi connectivity index (χ3v) is 5.25. The van der Waals surface area contributed by atoms with Gasteiger partial charge in [0.15, 0.2) is 0 Å². The molecule has 142 valence electrons. The van der Waals surface area contributed by atoms with Gasteiger partial charge in [0, 0.05) is 0 Å². The zero-order valence-corrected chi connectivity index (χ0v) is 18.5. The molecule has 0 fully saturated rings. The third kappa shape index (κ3) is 5.44. The number of ether oxygens (including phenoxy) is 1. The molecule has 0 aliphatic carbocycles. The van der Waals surface area contributed by atoms with Crippen LogP contribution in [0.15, 0.2) is 80.8 Å². The maximum atomic E-state index is 12.1. The van der Waals surface area contributed by atoms with Crippen molar-refractivity contribution in [2.75, 3.05) is 0 Å². The van der Waals surface area contributed by atoms with Crippen molar-refractivity contribution in [2.24, 2.45) is 5.10 Å². The fraction of sp³-hybridized carbons (Fsp3) is 0.0476. The van der Waals surface area contributed by atoms with Crippen LogP contribution in [-0.4, -0.2) is 12.1 Å². The predicted molar refractivity (Wildman–Crippen MR) is 119 cm³/mol. The number of hydrazone groups is 1. The van der Waals surface area contributed by atoms with E-state index in [4.69, 9.17) is 16.3 Å². The highest BCUT2D eigenvalue weighted by atomic mass is 79.9. The fourth-order valence-electron chi connectivity index (χ4n) is 2.39. The van der Waals surface area contributed by atoms with Crippen molar-refractivity contribution < 1.29 is 9.53 Å². The van der Waals surface area contributed by atoms with E-state index >= 15 is 0 Å². The first-order valence-electron chi connectivity index (χ1n) is 8.28. The summed E-state index contributed by atoms with van der Waals surface area (Å²) >= 11 is 13.0. The van der Waals surface area contributed by atoms with Gasteiger partial charge in [0.05, 0.1) is 25.7 Å². The molecular formula is C21H15Br2ClN2O2. The second kappa shape index (κ2) is 9.87. The summed E-state index contributed by atoms with van der Waals surface area (Å²) in [5.74, 6) is 0.323. The summed E-state index contributed by atoms with van der Waals surface area (Å²) in [7, 11) is 0. The molecule has 0 radical (unpaired) electrons. The second-order valence-corrected chi connectivity index (χ2v) is 7.88. The van der Waals surface area contributed by atoms with E-state index in [9.17, 15) is 4.79 Å². The van der Waals surface area contributed by atoms with Crippen molar-refractivity contribution in [1.29, 1.82) is 0 Å². The van der Waals surface area contributed by atoms with Crippen LogP contribution < -0.4 is 10.2 Å². The minimum Gasteiger partial charge on any atom is -0.487 e. The van der Waals surface area contributed by atoms with Gasteiger partial charge in [-0.25, -0.2) is 5.43 Å². The predicted octanol–water partition coefficient (Wildman–Crippen LogP) is 6.21. The summed E-state index contributed by atoms with van der Waals surface area (Å²) in [6.07, 6.45) is 1.55. The number of carbonyl (C=O) groups is 1. The van der Waals surface area contributed by atoms with E-state index in [0.29, 0.717) is 22.9 Å². The molecule has 0 spiro atoms. The molecule has 0 saturated carbocycles. The smallest absolute Gasteiger partial charge is 0.272 e. The molecule has 3 aromatic carbocycles. The van der Waals surface area contributed by atoms with Crippen molar-refractivity contribution >= 4 is 55.6 Å². The molecule has 3 rings (SSSR count). The van der Waals surface area contributed by atoms with E-state index < -0.39 is 0 Å². The molecule has 1 amide bonds. The van der Waals surface area contributed by atoms with E-state index in [1.807, 2.05) is 42.5 Å². The van der Waals surface area contributed by atoms with Crippen LogP contribution in [0.3, 0.4) is 0 Å². The Labute approximate surface area is 184 Å². The monoisotopic (exact) mass is 520 g/mol. The van der Waals surface area contributed by atoms with Crippen LogP contribution in [-0.2, 0) is 6.61 Å². The van der Waals surface area contributed by atoms with E-state index in [1.54, 1.807) is 30.5 Å². The van der Waals surface area contributed by atoms with Gasteiger partial charge >= 0.3 is 0 Å². The number of nitrogens with one attached hydrogen (secondary N) is 1. The molecule has 0 unspecified atom stereocenters. The summed E-state index contributed by atoms with van der Waals surface area (Å²) < 4.78 is 7.45. The van der Waals surface area contributed by atoms with Gasteiger partial charge in [0.2, 0.25) is 0 Å². The standard InChI is InChI=1S/C21H15Br2ClN2O2/c22-17-10-15(12-25-26-21(27)16-8-4-5-9-19(16)24)11-18(23)20(17)28-13-14-6-2-1-3-7-14/h1-12H,13H2,(H,26,27)/b25-12-. The Morgan fingerprint density at radius 2 is 1.68 bits per heavy atom. The molecular weight excluding hydrogens is 508 g/mol. The molecule has 0 aliphatic rings. The SMILES string of the molecule is O=C(N/N=C\c1cc(Br)c(OCc2ccccc2)c(Br)c1)c1ccccc1Cl. The maximum Gasteiger partial charge on any atom is 0.272 e. The molecule has 0 aliphatic heterocycles. The number of carbonyl (C=O) groups excluding carboxylic acids is 1. The highest BCUT2D eigenvalue weighted by Gasteiger charge is 2.10. The van der Waals surface area contributed by atoms with Crippen LogP contribution in [0.5, 0.6) is 5.75 Å². The zero-order chi connectivity index (χ0) is 19.9. The van der Waals surface area contributed by atoms with Crippen LogP contribution in [0.25, 0.3) is 0 Å². The van der Waals surface area contributed by atoms with Gasteiger partial charge in [-0.15, -0.1) is 0 Å². The van der Waals surface area contributed by atoms with Crippen molar-refractivity contribution in [3.63, 3.8) is 0 Å². The average molecular weight is 523 g/mol. The minimum atomic E-state index is -0.372. The Kier molecular flexibility index (Phi) is 7.25. The van der Waals surface area contributed by atoms with Crippen molar-refractivity contribution in [2.45, 2.75) is 6.61 Å². The van der Waals surface area contributed by atoms with Crippen LogP contribution in [0.4, 0.5) is 0 Å². The van der Waals surface area contributed by atoms with Crippen molar-refractivity contribution in [1.82, 2.24) is 5.43 Å². The normalized spacial score (nSPS) is 10.8. The van der Waals surface area contributed by atoms with Gasteiger partial charge in [-0.1, -0.05) is 54.1 Å². The summed E-state index contributed by atoms with van der Waals surface area (Å²) in [6.45, 7) is 0.458. The number of benzene rings is 3. The summed E-state index contributed by atoms with van der Waals surface area (Å²) in [6, 6.07) is 20.4. The molecule has 28 heavy (non-hydrogen) atoms. The Balaban J connectivity index is 1.66. The molecule has 0 bridgehead atoms. The molecule has 0 atom stereocenters. The minimum absolute atomic E-state index is 0.369. The fourth-order valence-corrected chi connectivity index (χ4v) is 4.07. The van der Waals surface area contributed by atoms with Crippen molar-refractivity contribution in [3.8, 4) is 5.75 Å². The lowest BCUT2D eigenvalue weighted by Gasteiger charge is -2.11. The molecule has 1 N–H and O–H groups in total. The van der Waals surface area contributed by atoms with Gasteiger partial charge in [0.25, 0.3) is 5.91 Å². The van der Waals surface area contributed by atoms with E-state index in [1.165, 1.54) is 0 Å². The summed E-state index contributed by atoms with van der Waals surface area (Å²) in [5, 5.41) is 4.37. The number of rotatable bonds is 6. The first kappa shape index (κ1) is 20.6. The van der Waals surface area contributed by atoms with E-state index in [-0.39, 0.29) is 5.91 Å². The van der Waals surface area contributed by atoms with Gasteiger partial charge < -0.3 is 4.74 Å². The largest absolute Gasteiger partial charge is 0.487 e. The van der Waals surface area contributed by atoms with Crippen LogP contribution in [0, 0.1) is 0 Å². The third-order valence-electron chi connectivity index (χ3n) is 3.74. The number of halogens is 3. The lowest BCUT2D eigenvalue weighted by Crippen LogP contribution is -2.17. The van der Waals surface area contributed by atoms with E-state index in [2.05, 4.69) is 42.4 Å². The number of nitrogens with zero attached hydrogens (tertiary/aromatic N) is 1. The molecule has 0 saturated heterocycles. The molecule has 3 aromatic rings. The Morgan fingerprint density at radius 3 is 2.36 bits per heavy atom. The molecule has 7 heteroatoms. The van der Waals surface area contributed by atoms with Crippen LogP contribution in [0.1, 0.15) is 21.5 Å². The van der Waals surface area contributed by atoms with Crippen molar-refractivity contribution in [3.05, 3.63) is 97.4 Å². The summed E-state index contributed by atoms with van der Waals surface area (Å²) in [5.41, 5.74) is 4.70. The highest BCUT2D eigenvalue weighted by molar-refractivity contribution is 9.11. The lowest BCUT2D eigenvalue weighted by atomic mass is 10.2. The van der Waals surface area contributed by atoms with Gasteiger partial charge in [-0.2, -0.15) is 5.10 Å². The second-order valence-electron chi connectivity index (χ2n) is 5.77. The van der Waals surface area contributed by atoms with E-state index in [0.717, 1.165) is 20.1 Å². The number of hydrogen-bond acceptors (Lipinski definition) is 3. The first-order valence-corrected chi connectivity index (χ1v) is 10.2. The Bertz CT molecular complexity index is 987. The number of amides is 1. The van der Waals surface area contributed by atoms with Crippen LogP contribution in [0.2, 0.25) is 5.02 Å². The van der Waals surface area contributed by atoms with Crippen LogP contribution >= 0.6 is 43.5 Å².